The van der Waals surface area contributed by atoms with Crippen LogP contribution in [0.2, 0.25) is 0 Å². The van der Waals surface area contributed by atoms with Gasteiger partial charge < -0.3 is 10.4 Å². The second-order valence-corrected chi connectivity index (χ2v) is 3.92. The molecule has 2 aromatic carbocycles. The lowest BCUT2D eigenvalue weighted by molar-refractivity contribution is 0.282. The van der Waals surface area contributed by atoms with Crippen molar-refractivity contribution in [3.8, 4) is 0 Å². The molecule has 94 valence electrons. The maximum Gasteiger partial charge on any atom is 0.149 e. The minimum absolute atomic E-state index is 0.0182. The number of para-hydroxylation sites is 1. The summed E-state index contributed by atoms with van der Waals surface area (Å²) >= 11 is 0. The van der Waals surface area contributed by atoms with Crippen LogP contribution in [0.3, 0.4) is 0 Å². The van der Waals surface area contributed by atoms with Crippen LogP contribution in [0.5, 0.6) is 0 Å². The molecule has 0 saturated carbocycles. The molecule has 2 rings (SSSR count). The van der Waals surface area contributed by atoms with Crippen LogP contribution in [0.15, 0.2) is 42.5 Å². The molecule has 0 aliphatic carbocycles. The van der Waals surface area contributed by atoms with Crippen molar-refractivity contribution in [2.75, 3.05) is 5.32 Å². The molecule has 0 fully saturated rings. The highest BCUT2D eigenvalue weighted by molar-refractivity contribution is 5.46. The molecule has 2 nitrogen and oxygen atoms in total. The van der Waals surface area contributed by atoms with Crippen LogP contribution in [0.1, 0.15) is 11.1 Å². The summed E-state index contributed by atoms with van der Waals surface area (Å²) in [6.07, 6.45) is 0. The van der Waals surface area contributed by atoms with Crippen LogP contribution in [0.25, 0.3) is 0 Å². The van der Waals surface area contributed by atoms with Gasteiger partial charge in [0.15, 0.2) is 0 Å². The average molecular weight is 249 g/mol. The predicted octanol–water partition coefficient (Wildman–Crippen LogP) is 3.07. The molecule has 0 heterocycles. The zero-order valence-electron chi connectivity index (χ0n) is 9.66. The van der Waals surface area contributed by atoms with E-state index in [0.29, 0.717) is 6.54 Å². The van der Waals surface area contributed by atoms with E-state index in [-0.39, 0.29) is 12.3 Å². The molecule has 0 aromatic heterocycles. The number of nitrogens with one attached hydrogen (secondary N) is 1. The first-order chi connectivity index (χ1) is 8.70. The van der Waals surface area contributed by atoms with Crippen molar-refractivity contribution in [1.29, 1.82) is 0 Å². The minimum Gasteiger partial charge on any atom is -0.392 e. The van der Waals surface area contributed by atoms with Crippen molar-refractivity contribution >= 4 is 5.69 Å². The standard InChI is InChI=1S/C14H13F2NO/c15-12-2-1-3-13(16)14(12)17-8-10-4-6-11(9-18)7-5-10/h1-7,17-18H,8-9H2. The summed E-state index contributed by atoms with van der Waals surface area (Å²) in [5, 5.41) is 11.6. The van der Waals surface area contributed by atoms with E-state index < -0.39 is 11.6 Å². The zero-order valence-corrected chi connectivity index (χ0v) is 9.66. The number of halogens is 2. The Morgan fingerprint density at radius 3 is 2.00 bits per heavy atom. The first kappa shape index (κ1) is 12.5. The van der Waals surface area contributed by atoms with Crippen LogP contribution in [0.4, 0.5) is 14.5 Å². The number of rotatable bonds is 4. The molecule has 0 aliphatic rings. The van der Waals surface area contributed by atoms with Gasteiger partial charge in [-0.2, -0.15) is 0 Å². The lowest BCUT2D eigenvalue weighted by atomic mass is 10.1. The quantitative estimate of drug-likeness (QED) is 0.872. The van der Waals surface area contributed by atoms with Crippen LogP contribution in [0, 0.1) is 11.6 Å². The van der Waals surface area contributed by atoms with Crippen molar-refractivity contribution in [3.63, 3.8) is 0 Å². The van der Waals surface area contributed by atoms with Crippen molar-refractivity contribution in [1.82, 2.24) is 0 Å². The third kappa shape index (κ3) is 2.84. The summed E-state index contributed by atoms with van der Waals surface area (Å²) in [5.41, 5.74) is 1.56. The van der Waals surface area contributed by atoms with Crippen molar-refractivity contribution in [2.24, 2.45) is 0 Å². The zero-order chi connectivity index (χ0) is 13.0. The number of aliphatic hydroxyl groups is 1. The van der Waals surface area contributed by atoms with E-state index >= 15 is 0 Å². The molecule has 4 heteroatoms. The van der Waals surface area contributed by atoms with Crippen LogP contribution >= 0.6 is 0 Å². The van der Waals surface area contributed by atoms with E-state index in [1.165, 1.54) is 18.2 Å². The van der Waals surface area contributed by atoms with E-state index in [1.54, 1.807) is 24.3 Å². The molecule has 0 spiro atoms. The van der Waals surface area contributed by atoms with E-state index in [9.17, 15) is 8.78 Å². The Balaban J connectivity index is 2.06. The Bertz CT molecular complexity index is 506. The van der Waals surface area contributed by atoms with Crippen LogP contribution < -0.4 is 5.32 Å². The summed E-state index contributed by atoms with van der Waals surface area (Å²) in [5.74, 6) is -1.22. The van der Waals surface area contributed by atoms with Crippen LogP contribution in [-0.2, 0) is 13.2 Å². The highest BCUT2D eigenvalue weighted by Gasteiger charge is 2.07. The highest BCUT2D eigenvalue weighted by Crippen LogP contribution is 2.18. The topological polar surface area (TPSA) is 32.3 Å². The normalized spacial score (nSPS) is 10.4. The molecular formula is C14H13F2NO. The molecule has 0 radical (unpaired) electrons. The molecule has 0 atom stereocenters. The molecule has 18 heavy (non-hydrogen) atoms. The van der Waals surface area contributed by atoms with E-state index in [0.717, 1.165) is 11.1 Å². The number of anilines is 1. The second-order valence-electron chi connectivity index (χ2n) is 3.92. The maximum atomic E-state index is 13.3. The summed E-state index contributed by atoms with van der Waals surface area (Å²) < 4.78 is 26.7. The first-order valence-electron chi connectivity index (χ1n) is 5.57. The fourth-order valence-corrected chi connectivity index (χ4v) is 1.62. The van der Waals surface area contributed by atoms with Gasteiger partial charge in [-0.1, -0.05) is 30.3 Å². The number of hydrogen-bond acceptors (Lipinski definition) is 2. The third-order valence-corrected chi connectivity index (χ3v) is 2.64. The maximum absolute atomic E-state index is 13.3. The smallest absolute Gasteiger partial charge is 0.149 e. The Morgan fingerprint density at radius 1 is 0.889 bits per heavy atom. The van der Waals surface area contributed by atoms with Gasteiger partial charge in [-0.25, -0.2) is 8.78 Å². The number of hydrogen-bond donors (Lipinski definition) is 2. The molecule has 2 N–H and O–H groups in total. The van der Waals surface area contributed by atoms with Crippen LogP contribution in [-0.4, -0.2) is 5.11 Å². The van der Waals surface area contributed by atoms with Gasteiger partial charge >= 0.3 is 0 Å². The Morgan fingerprint density at radius 2 is 1.44 bits per heavy atom. The third-order valence-electron chi connectivity index (χ3n) is 2.64. The van der Waals surface area contributed by atoms with Crippen molar-refractivity contribution in [3.05, 3.63) is 65.2 Å². The van der Waals surface area contributed by atoms with Crippen molar-refractivity contribution < 1.29 is 13.9 Å². The molecule has 0 unspecified atom stereocenters. The first-order valence-corrected chi connectivity index (χ1v) is 5.57. The van der Waals surface area contributed by atoms with Gasteiger partial charge in [-0.3, -0.25) is 0 Å². The lowest BCUT2D eigenvalue weighted by Gasteiger charge is -2.09. The van der Waals surface area contributed by atoms with Gasteiger partial charge in [-0.15, -0.1) is 0 Å². The second kappa shape index (κ2) is 5.60. The van der Waals surface area contributed by atoms with E-state index in [4.69, 9.17) is 5.11 Å². The number of benzene rings is 2. The van der Waals surface area contributed by atoms with E-state index in [2.05, 4.69) is 5.32 Å². The van der Waals surface area contributed by atoms with Gasteiger partial charge in [0, 0.05) is 6.54 Å². The van der Waals surface area contributed by atoms with Gasteiger partial charge in [-0.05, 0) is 23.3 Å². The Labute approximate surface area is 104 Å². The lowest BCUT2D eigenvalue weighted by Crippen LogP contribution is -2.03. The summed E-state index contributed by atoms with van der Waals surface area (Å²) in [4.78, 5) is 0. The molecular weight excluding hydrogens is 236 g/mol. The number of aliphatic hydroxyl groups excluding tert-OH is 1. The average Bonchev–Trinajstić information content (AvgIpc) is 2.39. The van der Waals surface area contributed by atoms with Gasteiger partial charge in [0.25, 0.3) is 0 Å². The highest BCUT2D eigenvalue weighted by atomic mass is 19.1. The minimum atomic E-state index is -0.609. The molecule has 2 aromatic rings. The molecule has 0 amide bonds. The van der Waals surface area contributed by atoms with Gasteiger partial charge in [0.2, 0.25) is 0 Å². The summed E-state index contributed by atoms with van der Waals surface area (Å²) in [6.45, 7) is 0.305. The molecule has 0 bridgehead atoms. The SMILES string of the molecule is OCc1ccc(CNc2c(F)cccc2F)cc1. The molecule has 0 aliphatic heterocycles. The Hall–Kier alpha value is -1.94. The van der Waals surface area contributed by atoms with Gasteiger partial charge in [0.1, 0.15) is 17.3 Å². The van der Waals surface area contributed by atoms with E-state index in [1.807, 2.05) is 0 Å². The van der Waals surface area contributed by atoms with Crippen molar-refractivity contribution in [2.45, 2.75) is 13.2 Å². The molecule has 0 saturated heterocycles. The largest absolute Gasteiger partial charge is 0.392 e. The fraction of sp³-hybridized carbons (Fsp3) is 0.143. The fourth-order valence-electron chi connectivity index (χ4n) is 1.62. The predicted molar refractivity (Wildman–Crippen MR) is 66.0 cm³/mol. The Kier molecular flexibility index (Phi) is 3.89. The van der Waals surface area contributed by atoms with Gasteiger partial charge in [0.05, 0.1) is 6.61 Å². The monoisotopic (exact) mass is 249 g/mol. The summed E-state index contributed by atoms with van der Waals surface area (Å²) in [6, 6.07) is 10.9. The summed E-state index contributed by atoms with van der Waals surface area (Å²) in [7, 11) is 0.